The van der Waals surface area contributed by atoms with Crippen molar-refractivity contribution < 1.29 is 4.79 Å². The highest BCUT2D eigenvalue weighted by molar-refractivity contribution is 8.00. The fourth-order valence-corrected chi connectivity index (χ4v) is 4.48. The van der Waals surface area contributed by atoms with Crippen molar-refractivity contribution in [3.05, 3.63) is 70.7 Å². The van der Waals surface area contributed by atoms with Crippen molar-refractivity contribution in [2.24, 2.45) is 5.92 Å². The molecule has 0 saturated carbocycles. The summed E-state index contributed by atoms with van der Waals surface area (Å²) in [5, 5.41) is 7.28. The van der Waals surface area contributed by atoms with Crippen molar-refractivity contribution in [1.29, 1.82) is 0 Å². The van der Waals surface area contributed by atoms with Crippen LogP contribution in [0.2, 0.25) is 5.02 Å². The van der Waals surface area contributed by atoms with E-state index in [2.05, 4.69) is 22.8 Å². The Bertz CT molecular complexity index is 691. The number of carbonyl (C=O) groups excluding carboxylic acids is 1. The Morgan fingerprint density at radius 2 is 1.85 bits per heavy atom. The minimum atomic E-state index is 0. The molecule has 0 aliphatic carbocycles. The fourth-order valence-electron chi connectivity index (χ4n) is 3.24. The Hall–Kier alpha value is -1.20. The number of rotatable bonds is 8. The smallest absolute Gasteiger partial charge is 0.230 e. The molecule has 0 bridgehead atoms. The molecular formula is C21H26Cl2N2OS. The molecule has 2 aromatic carbocycles. The zero-order valence-corrected chi connectivity index (χ0v) is 17.6. The first-order valence-corrected chi connectivity index (χ1v) is 10.5. The standard InChI is InChI=1S/C21H25ClN2OS.ClH/c22-19-8-6-18(7-9-19)21(17-4-2-1-3-5-17)26-15-20(25)24-13-11-16-10-12-23-14-16;/h1-9,16,21,23H,10-15H2,(H,24,25);1H. The number of amides is 1. The monoisotopic (exact) mass is 424 g/mol. The van der Waals surface area contributed by atoms with Crippen molar-refractivity contribution >= 4 is 41.7 Å². The molecule has 2 unspecified atom stereocenters. The van der Waals surface area contributed by atoms with Crippen molar-refractivity contribution in [3.63, 3.8) is 0 Å². The molecule has 1 aliphatic rings. The lowest BCUT2D eigenvalue weighted by atomic mass is 10.0. The molecule has 2 N–H and O–H groups in total. The van der Waals surface area contributed by atoms with Crippen molar-refractivity contribution in [1.82, 2.24) is 10.6 Å². The van der Waals surface area contributed by atoms with E-state index < -0.39 is 0 Å². The SMILES string of the molecule is Cl.O=C(CSC(c1ccccc1)c1ccc(Cl)cc1)NCCC1CCNC1. The van der Waals surface area contributed by atoms with E-state index in [0.29, 0.717) is 11.7 Å². The van der Waals surface area contributed by atoms with E-state index in [0.717, 1.165) is 36.6 Å². The van der Waals surface area contributed by atoms with Crippen LogP contribution in [0.25, 0.3) is 0 Å². The molecule has 0 aromatic heterocycles. The van der Waals surface area contributed by atoms with Gasteiger partial charge in [-0.1, -0.05) is 54.1 Å². The number of thioether (sulfide) groups is 1. The number of hydrogen-bond donors (Lipinski definition) is 2. The zero-order chi connectivity index (χ0) is 18.2. The number of halogens is 2. The third-order valence-corrected chi connectivity index (χ3v) is 6.25. The predicted octanol–water partition coefficient (Wildman–Crippen LogP) is 4.70. The fraction of sp³-hybridized carbons (Fsp3) is 0.381. The first-order valence-electron chi connectivity index (χ1n) is 9.12. The van der Waals surface area contributed by atoms with Crippen LogP contribution in [-0.4, -0.2) is 31.3 Å². The third-order valence-electron chi connectivity index (χ3n) is 4.69. The highest BCUT2D eigenvalue weighted by Crippen LogP contribution is 2.35. The largest absolute Gasteiger partial charge is 0.355 e. The Kier molecular flexibility index (Phi) is 9.49. The molecule has 3 nitrogen and oxygen atoms in total. The van der Waals surface area contributed by atoms with Gasteiger partial charge in [-0.2, -0.15) is 0 Å². The van der Waals surface area contributed by atoms with Gasteiger partial charge in [0, 0.05) is 11.6 Å². The molecule has 1 aliphatic heterocycles. The van der Waals surface area contributed by atoms with Gasteiger partial charge >= 0.3 is 0 Å². The van der Waals surface area contributed by atoms with Gasteiger partial charge in [0.2, 0.25) is 5.91 Å². The van der Waals surface area contributed by atoms with Gasteiger partial charge in [-0.15, -0.1) is 24.2 Å². The lowest BCUT2D eigenvalue weighted by Gasteiger charge is -2.18. The van der Waals surface area contributed by atoms with E-state index in [1.54, 1.807) is 11.8 Å². The van der Waals surface area contributed by atoms with E-state index in [1.807, 2.05) is 42.5 Å². The molecule has 6 heteroatoms. The van der Waals surface area contributed by atoms with Crippen LogP contribution in [0.3, 0.4) is 0 Å². The quantitative estimate of drug-likeness (QED) is 0.644. The van der Waals surface area contributed by atoms with E-state index in [9.17, 15) is 4.79 Å². The first-order chi connectivity index (χ1) is 12.7. The van der Waals surface area contributed by atoms with Gasteiger partial charge in [0.05, 0.1) is 11.0 Å². The highest BCUT2D eigenvalue weighted by atomic mass is 35.5. The number of benzene rings is 2. The average molecular weight is 425 g/mol. The van der Waals surface area contributed by atoms with Gasteiger partial charge in [-0.3, -0.25) is 4.79 Å². The van der Waals surface area contributed by atoms with Crippen LogP contribution < -0.4 is 10.6 Å². The van der Waals surface area contributed by atoms with Gasteiger partial charge in [0.15, 0.2) is 0 Å². The minimum Gasteiger partial charge on any atom is -0.355 e. The van der Waals surface area contributed by atoms with Gasteiger partial charge in [-0.25, -0.2) is 0 Å². The Morgan fingerprint density at radius 1 is 1.15 bits per heavy atom. The Morgan fingerprint density at radius 3 is 2.52 bits per heavy atom. The maximum Gasteiger partial charge on any atom is 0.230 e. The predicted molar refractivity (Wildman–Crippen MR) is 118 cm³/mol. The van der Waals surface area contributed by atoms with E-state index in [-0.39, 0.29) is 23.6 Å². The summed E-state index contributed by atoms with van der Waals surface area (Å²) in [5.41, 5.74) is 2.36. The molecule has 2 atom stereocenters. The molecule has 0 radical (unpaired) electrons. The summed E-state index contributed by atoms with van der Waals surface area (Å²) in [6.45, 7) is 2.95. The van der Waals surface area contributed by atoms with E-state index in [1.165, 1.54) is 12.0 Å². The first kappa shape index (κ1) is 22.1. The van der Waals surface area contributed by atoms with Crippen LogP contribution in [-0.2, 0) is 4.79 Å². The summed E-state index contributed by atoms with van der Waals surface area (Å²) in [6.07, 6.45) is 2.28. The molecule has 3 rings (SSSR count). The lowest BCUT2D eigenvalue weighted by molar-refractivity contribution is -0.118. The average Bonchev–Trinajstić information content (AvgIpc) is 3.18. The highest BCUT2D eigenvalue weighted by Gasteiger charge is 2.17. The second-order valence-corrected chi connectivity index (χ2v) is 8.18. The minimum absolute atomic E-state index is 0. The Labute approximate surface area is 177 Å². The van der Waals surface area contributed by atoms with Crippen LogP contribution in [0.15, 0.2) is 54.6 Å². The number of hydrogen-bond acceptors (Lipinski definition) is 3. The lowest BCUT2D eigenvalue weighted by Crippen LogP contribution is -2.28. The van der Waals surface area contributed by atoms with Crippen LogP contribution in [0.5, 0.6) is 0 Å². The van der Waals surface area contributed by atoms with Crippen LogP contribution in [0, 0.1) is 5.92 Å². The van der Waals surface area contributed by atoms with Crippen LogP contribution >= 0.6 is 35.8 Å². The molecule has 1 amide bonds. The van der Waals surface area contributed by atoms with Crippen molar-refractivity contribution in [2.75, 3.05) is 25.4 Å². The van der Waals surface area contributed by atoms with Crippen molar-refractivity contribution in [2.45, 2.75) is 18.1 Å². The summed E-state index contributed by atoms with van der Waals surface area (Å²) in [6, 6.07) is 18.2. The molecule has 0 spiro atoms. The molecule has 1 saturated heterocycles. The summed E-state index contributed by atoms with van der Waals surface area (Å²) < 4.78 is 0. The molecular weight excluding hydrogens is 399 g/mol. The molecule has 1 heterocycles. The normalized spacial score (nSPS) is 17.1. The molecule has 2 aromatic rings. The molecule has 1 fully saturated rings. The topological polar surface area (TPSA) is 41.1 Å². The van der Waals surface area contributed by atoms with Crippen LogP contribution in [0.1, 0.15) is 29.2 Å². The summed E-state index contributed by atoms with van der Waals surface area (Å²) in [4.78, 5) is 12.3. The van der Waals surface area contributed by atoms with Gasteiger partial charge in [0.25, 0.3) is 0 Å². The summed E-state index contributed by atoms with van der Waals surface area (Å²) in [7, 11) is 0. The van der Waals surface area contributed by atoms with Gasteiger partial charge in [-0.05, 0) is 55.1 Å². The summed E-state index contributed by atoms with van der Waals surface area (Å²) in [5.74, 6) is 1.26. The number of carbonyl (C=O) groups is 1. The molecule has 146 valence electrons. The van der Waals surface area contributed by atoms with Gasteiger partial charge in [0.1, 0.15) is 0 Å². The maximum absolute atomic E-state index is 12.3. The second-order valence-electron chi connectivity index (χ2n) is 6.65. The number of nitrogens with one attached hydrogen (secondary N) is 2. The van der Waals surface area contributed by atoms with E-state index in [4.69, 9.17) is 11.6 Å². The van der Waals surface area contributed by atoms with Crippen molar-refractivity contribution in [3.8, 4) is 0 Å². The zero-order valence-electron chi connectivity index (χ0n) is 15.2. The maximum atomic E-state index is 12.3. The Balaban J connectivity index is 0.00000261. The van der Waals surface area contributed by atoms with E-state index >= 15 is 0 Å². The van der Waals surface area contributed by atoms with Crippen LogP contribution in [0.4, 0.5) is 0 Å². The van der Waals surface area contributed by atoms with Gasteiger partial charge < -0.3 is 10.6 Å². The molecule has 27 heavy (non-hydrogen) atoms. The second kappa shape index (κ2) is 11.6. The summed E-state index contributed by atoms with van der Waals surface area (Å²) >= 11 is 7.68. The third kappa shape index (κ3) is 7.04.